The van der Waals surface area contributed by atoms with Gasteiger partial charge in [-0.15, -0.1) is 0 Å². The van der Waals surface area contributed by atoms with Crippen molar-refractivity contribution in [2.45, 2.75) is 18.6 Å². The lowest BCUT2D eigenvalue weighted by molar-refractivity contribution is -0.158. The van der Waals surface area contributed by atoms with Crippen LogP contribution in [0.4, 0.5) is 0 Å². The second kappa shape index (κ2) is 5.27. The van der Waals surface area contributed by atoms with E-state index in [9.17, 15) is 0 Å². The second-order valence-electron chi connectivity index (χ2n) is 3.95. The highest BCUT2D eigenvalue weighted by molar-refractivity contribution is 9.10. The van der Waals surface area contributed by atoms with Crippen LogP contribution in [0, 0.1) is 0 Å². The van der Waals surface area contributed by atoms with Crippen LogP contribution in [0.3, 0.4) is 0 Å². The average Bonchev–Trinajstić information content (AvgIpc) is 2.71. The van der Waals surface area contributed by atoms with Crippen molar-refractivity contribution >= 4 is 15.9 Å². The zero-order valence-corrected chi connectivity index (χ0v) is 10.7. The highest BCUT2D eigenvalue weighted by atomic mass is 79.9. The topological polar surface area (TPSA) is 44.5 Å². The minimum atomic E-state index is -0.497. The van der Waals surface area contributed by atoms with Crippen molar-refractivity contribution in [1.82, 2.24) is 0 Å². The fourth-order valence-electron chi connectivity index (χ4n) is 1.96. The standard InChI is InChI=1S/C12H16BrNO2/c13-11-3-1-10(2-4-11)9-12(5-6-14)15-7-8-16-12/h1-4H,5-9,14H2. The molecule has 2 rings (SSSR count). The molecule has 0 amide bonds. The third-order valence-electron chi connectivity index (χ3n) is 2.73. The Morgan fingerprint density at radius 1 is 1.19 bits per heavy atom. The Balaban J connectivity index is 2.08. The Kier molecular flexibility index (Phi) is 3.97. The maximum atomic E-state index is 5.70. The molecule has 1 aliphatic heterocycles. The van der Waals surface area contributed by atoms with E-state index in [4.69, 9.17) is 15.2 Å². The van der Waals surface area contributed by atoms with Crippen LogP contribution in [0.15, 0.2) is 28.7 Å². The number of benzene rings is 1. The van der Waals surface area contributed by atoms with Crippen molar-refractivity contribution in [2.24, 2.45) is 5.73 Å². The summed E-state index contributed by atoms with van der Waals surface area (Å²) in [5.74, 6) is -0.497. The summed E-state index contributed by atoms with van der Waals surface area (Å²) >= 11 is 3.42. The zero-order chi connectivity index (χ0) is 11.4. The van der Waals surface area contributed by atoms with E-state index < -0.39 is 5.79 Å². The summed E-state index contributed by atoms with van der Waals surface area (Å²) in [5, 5.41) is 0. The van der Waals surface area contributed by atoms with Crippen LogP contribution >= 0.6 is 15.9 Å². The van der Waals surface area contributed by atoms with E-state index in [1.54, 1.807) is 0 Å². The van der Waals surface area contributed by atoms with Crippen molar-refractivity contribution < 1.29 is 9.47 Å². The molecular weight excluding hydrogens is 270 g/mol. The van der Waals surface area contributed by atoms with Gasteiger partial charge in [0.15, 0.2) is 5.79 Å². The van der Waals surface area contributed by atoms with E-state index in [2.05, 4.69) is 28.1 Å². The number of rotatable bonds is 4. The second-order valence-corrected chi connectivity index (χ2v) is 4.87. The molecule has 1 aliphatic rings. The molecule has 1 fully saturated rings. The van der Waals surface area contributed by atoms with E-state index in [1.807, 2.05) is 12.1 Å². The first-order valence-electron chi connectivity index (χ1n) is 5.46. The van der Waals surface area contributed by atoms with Gasteiger partial charge in [-0.25, -0.2) is 0 Å². The zero-order valence-electron chi connectivity index (χ0n) is 9.12. The summed E-state index contributed by atoms with van der Waals surface area (Å²) in [6, 6.07) is 8.21. The van der Waals surface area contributed by atoms with Crippen LogP contribution < -0.4 is 5.73 Å². The molecule has 3 nitrogen and oxygen atoms in total. The molecule has 0 bridgehead atoms. The normalized spacial score (nSPS) is 18.9. The molecule has 0 unspecified atom stereocenters. The van der Waals surface area contributed by atoms with Crippen LogP contribution in [0.25, 0.3) is 0 Å². The maximum absolute atomic E-state index is 5.70. The minimum Gasteiger partial charge on any atom is -0.347 e. The van der Waals surface area contributed by atoms with E-state index in [1.165, 1.54) is 5.56 Å². The van der Waals surface area contributed by atoms with Crippen LogP contribution in [0.2, 0.25) is 0 Å². The lowest BCUT2D eigenvalue weighted by atomic mass is 10.0. The number of hydrogen-bond donors (Lipinski definition) is 1. The van der Waals surface area contributed by atoms with Gasteiger partial charge in [-0.2, -0.15) is 0 Å². The first-order valence-corrected chi connectivity index (χ1v) is 6.26. The quantitative estimate of drug-likeness (QED) is 0.921. The van der Waals surface area contributed by atoms with Crippen LogP contribution in [-0.2, 0) is 15.9 Å². The van der Waals surface area contributed by atoms with Gasteiger partial charge in [0.05, 0.1) is 13.2 Å². The van der Waals surface area contributed by atoms with Gasteiger partial charge in [0.1, 0.15) is 0 Å². The van der Waals surface area contributed by atoms with Gasteiger partial charge >= 0.3 is 0 Å². The molecule has 88 valence electrons. The molecule has 1 aromatic rings. The summed E-state index contributed by atoms with van der Waals surface area (Å²) in [6.45, 7) is 1.91. The molecule has 0 aromatic heterocycles. The molecule has 0 saturated carbocycles. The Bertz CT molecular complexity index is 333. The molecule has 0 atom stereocenters. The third-order valence-corrected chi connectivity index (χ3v) is 3.25. The molecular formula is C12H16BrNO2. The predicted molar refractivity (Wildman–Crippen MR) is 66.2 cm³/mol. The van der Waals surface area contributed by atoms with Crippen LogP contribution in [0.1, 0.15) is 12.0 Å². The Morgan fingerprint density at radius 3 is 2.38 bits per heavy atom. The van der Waals surface area contributed by atoms with Crippen LogP contribution in [0.5, 0.6) is 0 Å². The van der Waals surface area contributed by atoms with E-state index >= 15 is 0 Å². The summed E-state index contributed by atoms with van der Waals surface area (Å²) < 4.78 is 12.5. The highest BCUT2D eigenvalue weighted by Crippen LogP contribution is 2.27. The van der Waals surface area contributed by atoms with Crippen molar-refractivity contribution in [2.75, 3.05) is 19.8 Å². The Morgan fingerprint density at radius 2 is 1.81 bits per heavy atom. The minimum absolute atomic E-state index is 0.497. The van der Waals surface area contributed by atoms with E-state index in [0.717, 1.165) is 17.3 Å². The van der Waals surface area contributed by atoms with Gasteiger partial charge in [0, 0.05) is 17.3 Å². The first-order chi connectivity index (χ1) is 7.74. The first kappa shape index (κ1) is 12.0. The Hall–Kier alpha value is -0.420. The molecule has 1 aromatic carbocycles. The molecule has 2 N–H and O–H groups in total. The molecule has 0 radical (unpaired) electrons. The van der Waals surface area contributed by atoms with E-state index in [0.29, 0.717) is 19.8 Å². The molecule has 0 aliphatic carbocycles. The van der Waals surface area contributed by atoms with Gasteiger partial charge in [0.2, 0.25) is 0 Å². The average molecular weight is 286 g/mol. The lowest BCUT2D eigenvalue weighted by Crippen LogP contribution is -2.35. The van der Waals surface area contributed by atoms with Crippen molar-refractivity contribution in [1.29, 1.82) is 0 Å². The van der Waals surface area contributed by atoms with Crippen molar-refractivity contribution in [3.05, 3.63) is 34.3 Å². The van der Waals surface area contributed by atoms with Gasteiger partial charge in [0.25, 0.3) is 0 Å². The lowest BCUT2D eigenvalue weighted by Gasteiger charge is -2.27. The van der Waals surface area contributed by atoms with Gasteiger partial charge in [-0.3, -0.25) is 0 Å². The fourth-order valence-corrected chi connectivity index (χ4v) is 2.23. The molecule has 1 heterocycles. The molecule has 0 spiro atoms. The number of halogens is 1. The summed E-state index contributed by atoms with van der Waals surface area (Å²) in [6.07, 6.45) is 1.50. The highest BCUT2D eigenvalue weighted by Gasteiger charge is 2.35. The van der Waals surface area contributed by atoms with Crippen molar-refractivity contribution in [3.63, 3.8) is 0 Å². The number of nitrogens with two attached hydrogens (primary N) is 1. The smallest absolute Gasteiger partial charge is 0.173 e. The molecule has 1 saturated heterocycles. The number of hydrogen-bond acceptors (Lipinski definition) is 3. The monoisotopic (exact) mass is 285 g/mol. The third kappa shape index (κ3) is 2.83. The summed E-state index contributed by atoms with van der Waals surface area (Å²) in [5.41, 5.74) is 6.81. The molecule has 4 heteroatoms. The van der Waals surface area contributed by atoms with Gasteiger partial charge in [-0.05, 0) is 24.2 Å². The van der Waals surface area contributed by atoms with E-state index in [-0.39, 0.29) is 0 Å². The number of ether oxygens (including phenoxy) is 2. The van der Waals surface area contributed by atoms with Crippen LogP contribution in [-0.4, -0.2) is 25.5 Å². The van der Waals surface area contributed by atoms with Crippen molar-refractivity contribution in [3.8, 4) is 0 Å². The summed E-state index contributed by atoms with van der Waals surface area (Å²) in [4.78, 5) is 0. The fraction of sp³-hybridized carbons (Fsp3) is 0.500. The SMILES string of the molecule is NCCC1(Cc2ccc(Br)cc2)OCCO1. The van der Waals surface area contributed by atoms with Gasteiger partial charge in [-0.1, -0.05) is 28.1 Å². The largest absolute Gasteiger partial charge is 0.347 e. The Labute approximate surface area is 104 Å². The molecule has 16 heavy (non-hydrogen) atoms. The maximum Gasteiger partial charge on any atom is 0.173 e. The predicted octanol–water partition coefficient (Wildman–Crippen LogP) is 2.08. The summed E-state index contributed by atoms with van der Waals surface area (Å²) in [7, 11) is 0. The van der Waals surface area contributed by atoms with Gasteiger partial charge < -0.3 is 15.2 Å².